The minimum atomic E-state index is -0.534. The van der Waals surface area contributed by atoms with Gasteiger partial charge in [-0.15, -0.1) is 0 Å². The normalized spacial score (nSPS) is 23.3. The van der Waals surface area contributed by atoms with Crippen molar-refractivity contribution >= 4 is 5.97 Å². The van der Waals surface area contributed by atoms with Crippen LogP contribution in [0.3, 0.4) is 0 Å². The highest BCUT2D eigenvalue weighted by atomic mass is 16.5. The van der Waals surface area contributed by atoms with Crippen molar-refractivity contribution in [2.24, 2.45) is 0 Å². The van der Waals surface area contributed by atoms with E-state index in [4.69, 9.17) is 4.74 Å². The topological polar surface area (TPSA) is 41.6 Å². The van der Waals surface area contributed by atoms with Gasteiger partial charge in [0.2, 0.25) is 0 Å². The van der Waals surface area contributed by atoms with E-state index in [0.29, 0.717) is 6.04 Å². The number of hydrogen-bond donors (Lipinski definition) is 1. The molecule has 0 spiro atoms. The summed E-state index contributed by atoms with van der Waals surface area (Å²) >= 11 is 0. The fraction of sp³-hybridized carbons (Fsp3) is 0.933. The molecule has 2 atom stereocenters. The summed E-state index contributed by atoms with van der Waals surface area (Å²) in [5.74, 6) is -0.143. The Morgan fingerprint density at radius 1 is 1.53 bits per heavy atom. The fourth-order valence-electron chi connectivity index (χ4n) is 2.85. The Bertz CT molecular complexity index is 283. The third-order valence-corrected chi connectivity index (χ3v) is 4.21. The first kappa shape index (κ1) is 16.4. The highest BCUT2D eigenvalue weighted by Crippen LogP contribution is 2.20. The van der Waals surface area contributed by atoms with Gasteiger partial charge in [0.15, 0.2) is 0 Å². The molecule has 0 aromatic carbocycles. The number of rotatable bonds is 8. The van der Waals surface area contributed by atoms with Crippen molar-refractivity contribution in [3.05, 3.63) is 0 Å². The Labute approximate surface area is 117 Å². The SMILES string of the molecule is CCCNC(C)(CCCN1CCCC1C)C(=O)OC. The third-order valence-electron chi connectivity index (χ3n) is 4.21. The predicted octanol–water partition coefficient (Wildman–Crippen LogP) is 2.18. The number of methoxy groups -OCH3 is 1. The lowest BCUT2D eigenvalue weighted by Gasteiger charge is -2.29. The lowest BCUT2D eigenvalue weighted by Crippen LogP contribution is -2.50. The monoisotopic (exact) mass is 270 g/mol. The van der Waals surface area contributed by atoms with Gasteiger partial charge in [-0.05, 0) is 65.6 Å². The van der Waals surface area contributed by atoms with Crippen LogP contribution < -0.4 is 5.32 Å². The number of carbonyl (C=O) groups is 1. The number of likely N-dealkylation sites (tertiary alicyclic amines) is 1. The molecule has 19 heavy (non-hydrogen) atoms. The van der Waals surface area contributed by atoms with Crippen LogP contribution >= 0.6 is 0 Å². The molecule has 1 rings (SSSR count). The number of nitrogens with zero attached hydrogens (tertiary/aromatic N) is 1. The summed E-state index contributed by atoms with van der Waals surface area (Å²) in [6.07, 6.45) is 5.51. The van der Waals surface area contributed by atoms with E-state index >= 15 is 0 Å². The average Bonchev–Trinajstić information content (AvgIpc) is 2.81. The Morgan fingerprint density at radius 3 is 2.79 bits per heavy atom. The largest absolute Gasteiger partial charge is 0.468 e. The van der Waals surface area contributed by atoms with E-state index in [1.165, 1.54) is 26.5 Å². The van der Waals surface area contributed by atoms with E-state index in [2.05, 4.69) is 24.1 Å². The maximum Gasteiger partial charge on any atom is 0.325 e. The molecule has 1 fully saturated rings. The zero-order chi connectivity index (χ0) is 14.3. The molecule has 1 N–H and O–H groups in total. The van der Waals surface area contributed by atoms with E-state index in [1.54, 1.807) is 0 Å². The molecule has 0 bridgehead atoms. The van der Waals surface area contributed by atoms with E-state index in [1.807, 2.05) is 6.92 Å². The number of hydrogen-bond acceptors (Lipinski definition) is 4. The van der Waals surface area contributed by atoms with Gasteiger partial charge in [-0.1, -0.05) is 6.92 Å². The van der Waals surface area contributed by atoms with Crippen LogP contribution in [0.1, 0.15) is 52.9 Å². The fourth-order valence-corrected chi connectivity index (χ4v) is 2.85. The highest BCUT2D eigenvalue weighted by molar-refractivity contribution is 5.80. The smallest absolute Gasteiger partial charge is 0.325 e. The minimum Gasteiger partial charge on any atom is -0.468 e. The van der Waals surface area contributed by atoms with E-state index in [9.17, 15) is 4.79 Å². The molecule has 1 heterocycles. The molecule has 2 unspecified atom stereocenters. The van der Waals surface area contributed by atoms with Crippen molar-refractivity contribution in [3.63, 3.8) is 0 Å². The van der Waals surface area contributed by atoms with Crippen molar-refractivity contribution in [3.8, 4) is 0 Å². The van der Waals surface area contributed by atoms with E-state index < -0.39 is 5.54 Å². The molecule has 0 aliphatic carbocycles. The van der Waals surface area contributed by atoms with Crippen LogP contribution in [0.4, 0.5) is 0 Å². The van der Waals surface area contributed by atoms with E-state index in [-0.39, 0.29) is 5.97 Å². The second-order valence-corrected chi connectivity index (χ2v) is 5.88. The average molecular weight is 270 g/mol. The van der Waals surface area contributed by atoms with Crippen LogP contribution in [-0.2, 0) is 9.53 Å². The maximum absolute atomic E-state index is 11.9. The standard InChI is InChI=1S/C15H30N2O2/c1-5-10-16-15(3,14(18)19-4)9-7-12-17-11-6-8-13(17)2/h13,16H,5-12H2,1-4H3. The molecule has 0 radical (unpaired) electrons. The summed E-state index contributed by atoms with van der Waals surface area (Å²) in [6, 6.07) is 0.702. The summed E-state index contributed by atoms with van der Waals surface area (Å²) in [6.45, 7) is 9.51. The summed E-state index contributed by atoms with van der Waals surface area (Å²) in [5.41, 5.74) is -0.534. The first-order valence-electron chi connectivity index (χ1n) is 7.61. The summed E-state index contributed by atoms with van der Waals surface area (Å²) < 4.78 is 4.94. The molecule has 0 aromatic heterocycles. The van der Waals surface area contributed by atoms with Crippen LogP contribution in [0, 0.1) is 0 Å². The van der Waals surface area contributed by atoms with Gasteiger partial charge < -0.3 is 15.0 Å². The first-order valence-corrected chi connectivity index (χ1v) is 7.61. The molecule has 0 amide bonds. The summed E-state index contributed by atoms with van der Waals surface area (Å²) in [5, 5.41) is 3.34. The van der Waals surface area contributed by atoms with Crippen molar-refractivity contribution in [1.29, 1.82) is 0 Å². The lowest BCUT2D eigenvalue weighted by molar-refractivity contribution is -0.148. The van der Waals surface area contributed by atoms with Crippen molar-refractivity contribution in [1.82, 2.24) is 10.2 Å². The Morgan fingerprint density at radius 2 is 2.26 bits per heavy atom. The third kappa shape index (κ3) is 4.77. The van der Waals surface area contributed by atoms with Gasteiger partial charge in [-0.2, -0.15) is 0 Å². The minimum absolute atomic E-state index is 0.143. The van der Waals surface area contributed by atoms with Gasteiger partial charge >= 0.3 is 5.97 Å². The van der Waals surface area contributed by atoms with Crippen LogP contribution in [0.5, 0.6) is 0 Å². The molecule has 1 saturated heterocycles. The van der Waals surface area contributed by atoms with Crippen molar-refractivity contribution in [2.75, 3.05) is 26.7 Å². The molecule has 0 aromatic rings. The number of ether oxygens (including phenoxy) is 1. The molecular formula is C15H30N2O2. The highest BCUT2D eigenvalue weighted by Gasteiger charge is 2.33. The summed E-state index contributed by atoms with van der Waals surface area (Å²) in [7, 11) is 1.47. The molecular weight excluding hydrogens is 240 g/mol. The van der Waals surface area contributed by atoms with Gasteiger partial charge in [-0.3, -0.25) is 4.79 Å². The summed E-state index contributed by atoms with van der Waals surface area (Å²) in [4.78, 5) is 14.5. The zero-order valence-corrected chi connectivity index (χ0v) is 13.0. The quantitative estimate of drug-likeness (QED) is 0.686. The number of esters is 1. The Hall–Kier alpha value is -0.610. The predicted molar refractivity (Wildman–Crippen MR) is 78.2 cm³/mol. The lowest BCUT2D eigenvalue weighted by atomic mass is 9.95. The van der Waals surface area contributed by atoms with Gasteiger partial charge in [0.05, 0.1) is 7.11 Å². The van der Waals surface area contributed by atoms with Crippen molar-refractivity contribution < 1.29 is 9.53 Å². The van der Waals surface area contributed by atoms with Crippen LogP contribution in [-0.4, -0.2) is 49.2 Å². The Kier molecular flexibility index (Phi) is 6.80. The first-order chi connectivity index (χ1) is 9.03. The number of carbonyl (C=O) groups excluding carboxylic acids is 1. The molecule has 112 valence electrons. The molecule has 4 heteroatoms. The van der Waals surface area contributed by atoms with Gasteiger partial charge in [0.25, 0.3) is 0 Å². The zero-order valence-electron chi connectivity index (χ0n) is 13.0. The molecule has 4 nitrogen and oxygen atoms in total. The van der Waals surface area contributed by atoms with Gasteiger partial charge in [0, 0.05) is 6.04 Å². The molecule has 1 aliphatic heterocycles. The van der Waals surface area contributed by atoms with E-state index in [0.717, 1.165) is 32.4 Å². The van der Waals surface area contributed by atoms with Crippen LogP contribution in [0.2, 0.25) is 0 Å². The Balaban J connectivity index is 2.41. The second kappa shape index (κ2) is 7.85. The van der Waals surface area contributed by atoms with Gasteiger partial charge in [-0.25, -0.2) is 0 Å². The second-order valence-electron chi connectivity index (χ2n) is 5.88. The van der Waals surface area contributed by atoms with Crippen LogP contribution in [0.15, 0.2) is 0 Å². The maximum atomic E-state index is 11.9. The van der Waals surface area contributed by atoms with Crippen molar-refractivity contribution in [2.45, 2.75) is 64.5 Å². The van der Waals surface area contributed by atoms with Gasteiger partial charge in [0.1, 0.15) is 5.54 Å². The van der Waals surface area contributed by atoms with Crippen LogP contribution in [0.25, 0.3) is 0 Å². The number of nitrogens with one attached hydrogen (secondary N) is 1. The molecule has 1 aliphatic rings. The molecule has 0 saturated carbocycles.